The fraction of sp³-hybridized carbons (Fsp3) is 0.800. The number of hydrogen-bond donors (Lipinski definition) is 2. The lowest BCUT2D eigenvalue weighted by Crippen LogP contribution is -2.25. The molecule has 0 saturated heterocycles. The summed E-state index contributed by atoms with van der Waals surface area (Å²) in [6.07, 6.45) is 2.26. The van der Waals surface area contributed by atoms with E-state index in [-0.39, 0.29) is 11.5 Å². The van der Waals surface area contributed by atoms with Crippen molar-refractivity contribution in [1.29, 1.82) is 0 Å². The van der Waals surface area contributed by atoms with Gasteiger partial charge in [-0.25, -0.2) is 4.99 Å². The molecule has 1 saturated carbocycles. The van der Waals surface area contributed by atoms with E-state index in [1.807, 2.05) is 6.92 Å². The van der Waals surface area contributed by atoms with Gasteiger partial charge in [0.15, 0.2) is 5.96 Å². The summed E-state index contributed by atoms with van der Waals surface area (Å²) in [5, 5.41) is 0. The van der Waals surface area contributed by atoms with Crippen LogP contribution < -0.4 is 11.5 Å². The molecule has 1 aliphatic rings. The maximum absolute atomic E-state index is 5.15. The molecule has 0 aromatic heterocycles. The third kappa shape index (κ3) is 1.12. The van der Waals surface area contributed by atoms with Crippen molar-refractivity contribution in [2.24, 2.45) is 16.5 Å². The van der Waals surface area contributed by atoms with Gasteiger partial charge in [0.05, 0.1) is 5.54 Å². The average Bonchev–Trinajstić information content (AvgIpc) is 2.17. The zero-order valence-electron chi connectivity index (χ0n) is 5.02. The molecule has 0 aromatic carbocycles. The Labute approximate surface area is 48.8 Å². The lowest BCUT2D eigenvalue weighted by atomic mass is 10.3. The lowest BCUT2D eigenvalue weighted by Gasteiger charge is -1.97. The van der Waals surface area contributed by atoms with Gasteiger partial charge >= 0.3 is 0 Å². The maximum Gasteiger partial charge on any atom is 0.186 e. The largest absolute Gasteiger partial charge is 0.370 e. The van der Waals surface area contributed by atoms with Crippen molar-refractivity contribution < 1.29 is 0 Å². The van der Waals surface area contributed by atoms with Crippen LogP contribution in [-0.4, -0.2) is 11.5 Å². The molecular formula is C5H11N3. The number of aliphatic imine (C=N–C) groups is 1. The van der Waals surface area contributed by atoms with Crippen LogP contribution in [0.1, 0.15) is 19.8 Å². The summed E-state index contributed by atoms with van der Waals surface area (Å²) in [7, 11) is 0. The Morgan fingerprint density at radius 1 is 1.50 bits per heavy atom. The fourth-order valence-corrected chi connectivity index (χ4v) is 0.604. The van der Waals surface area contributed by atoms with Gasteiger partial charge in [-0.15, -0.1) is 0 Å². The molecule has 0 heterocycles. The maximum atomic E-state index is 5.15. The van der Waals surface area contributed by atoms with Gasteiger partial charge in [-0.05, 0) is 19.8 Å². The van der Waals surface area contributed by atoms with Crippen LogP contribution in [0.2, 0.25) is 0 Å². The topological polar surface area (TPSA) is 64.4 Å². The lowest BCUT2D eigenvalue weighted by molar-refractivity contribution is 0.761. The van der Waals surface area contributed by atoms with E-state index in [0.29, 0.717) is 0 Å². The van der Waals surface area contributed by atoms with Crippen LogP contribution >= 0.6 is 0 Å². The Kier molecular flexibility index (Phi) is 0.927. The van der Waals surface area contributed by atoms with Crippen LogP contribution in [0.25, 0.3) is 0 Å². The van der Waals surface area contributed by atoms with E-state index in [2.05, 4.69) is 4.99 Å². The predicted molar refractivity (Wildman–Crippen MR) is 33.4 cm³/mol. The first-order chi connectivity index (χ1) is 3.62. The van der Waals surface area contributed by atoms with Crippen molar-refractivity contribution >= 4 is 5.96 Å². The molecule has 1 aliphatic carbocycles. The molecule has 1 fully saturated rings. The summed E-state index contributed by atoms with van der Waals surface area (Å²) >= 11 is 0. The van der Waals surface area contributed by atoms with Gasteiger partial charge in [0.1, 0.15) is 0 Å². The molecule has 0 radical (unpaired) electrons. The summed E-state index contributed by atoms with van der Waals surface area (Å²) in [6.45, 7) is 2.05. The molecular weight excluding hydrogens is 102 g/mol. The van der Waals surface area contributed by atoms with Crippen LogP contribution in [0, 0.1) is 0 Å². The van der Waals surface area contributed by atoms with Crippen LogP contribution in [0.4, 0.5) is 0 Å². The monoisotopic (exact) mass is 113 g/mol. The normalized spacial score (nSPS) is 22.1. The second-order valence-corrected chi connectivity index (χ2v) is 2.53. The van der Waals surface area contributed by atoms with Gasteiger partial charge in [0, 0.05) is 0 Å². The molecule has 0 unspecified atom stereocenters. The molecule has 3 nitrogen and oxygen atoms in total. The highest BCUT2D eigenvalue weighted by Crippen LogP contribution is 2.38. The van der Waals surface area contributed by atoms with E-state index >= 15 is 0 Å². The Hall–Kier alpha value is -0.730. The second-order valence-electron chi connectivity index (χ2n) is 2.53. The third-order valence-corrected chi connectivity index (χ3v) is 1.37. The molecule has 4 N–H and O–H groups in total. The summed E-state index contributed by atoms with van der Waals surface area (Å²) in [4.78, 5) is 3.99. The number of rotatable bonds is 1. The molecule has 0 aliphatic heterocycles. The molecule has 0 spiro atoms. The predicted octanol–water partition coefficient (Wildman–Crippen LogP) is -0.188. The Balaban J connectivity index is 2.50. The van der Waals surface area contributed by atoms with Crippen LogP contribution in [0.3, 0.4) is 0 Å². The van der Waals surface area contributed by atoms with Crippen molar-refractivity contribution in [2.45, 2.75) is 25.3 Å². The second kappa shape index (κ2) is 1.37. The molecule has 46 valence electrons. The zero-order valence-corrected chi connectivity index (χ0v) is 5.02. The van der Waals surface area contributed by atoms with Gasteiger partial charge in [0.25, 0.3) is 0 Å². The fourth-order valence-electron chi connectivity index (χ4n) is 0.604. The Morgan fingerprint density at radius 2 is 2.00 bits per heavy atom. The highest BCUT2D eigenvalue weighted by molar-refractivity contribution is 5.76. The van der Waals surface area contributed by atoms with Gasteiger partial charge in [0.2, 0.25) is 0 Å². The first kappa shape index (κ1) is 5.41. The molecule has 8 heavy (non-hydrogen) atoms. The third-order valence-electron chi connectivity index (χ3n) is 1.37. The standard InChI is InChI=1S/C5H11N3/c1-5(2-3-5)8-4(6)7/h2-3H2,1H3,(H4,6,7,8). The van der Waals surface area contributed by atoms with Crippen LogP contribution in [0.5, 0.6) is 0 Å². The first-order valence-corrected chi connectivity index (χ1v) is 2.73. The van der Waals surface area contributed by atoms with Crippen molar-refractivity contribution in [3.8, 4) is 0 Å². The number of guanidine groups is 1. The molecule has 0 amide bonds. The minimum atomic E-state index is 0.110. The van der Waals surface area contributed by atoms with Crippen molar-refractivity contribution in [3.63, 3.8) is 0 Å². The van der Waals surface area contributed by atoms with E-state index in [1.165, 1.54) is 0 Å². The molecule has 0 bridgehead atoms. The number of nitrogens with two attached hydrogens (primary N) is 2. The molecule has 3 heteroatoms. The van der Waals surface area contributed by atoms with Gasteiger partial charge < -0.3 is 11.5 Å². The SMILES string of the molecule is CC1(N=C(N)N)CC1. The van der Waals surface area contributed by atoms with E-state index in [1.54, 1.807) is 0 Å². The molecule has 0 atom stereocenters. The van der Waals surface area contributed by atoms with Crippen LogP contribution in [0.15, 0.2) is 4.99 Å². The highest BCUT2D eigenvalue weighted by Gasteiger charge is 2.36. The van der Waals surface area contributed by atoms with E-state index in [0.717, 1.165) is 12.8 Å². The quantitative estimate of drug-likeness (QED) is 0.365. The Bertz CT molecular complexity index is 120. The summed E-state index contributed by atoms with van der Waals surface area (Å²) < 4.78 is 0. The minimum absolute atomic E-state index is 0.110. The number of hydrogen-bond acceptors (Lipinski definition) is 1. The molecule has 1 rings (SSSR count). The smallest absolute Gasteiger partial charge is 0.186 e. The highest BCUT2D eigenvalue weighted by atomic mass is 15.0. The van der Waals surface area contributed by atoms with Crippen molar-refractivity contribution in [2.75, 3.05) is 0 Å². The summed E-state index contributed by atoms with van der Waals surface area (Å²) in [5.74, 6) is 0.213. The summed E-state index contributed by atoms with van der Waals surface area (Å²) in [6, 6.07) is 0. The van der Waals surface area contributed by atoms with E-state index < -0.39 is 0 Å². The van der Waals surface area contributed by atoms with Gasteiger partial charge in [-0.2, -0.15) is 0 Å². The van der Waals surface area contributed by atoms with Crippen LogP contribution in [-0.2, 0) is 0 Å². The minimum Gasteiger partial charge on any atom is -0.370 e. The van der Waals surface area contributed by atoms with Gasteiger partial charge in [-0.3, -0.25) is 0 Å². The summed E-state index contributed by atoms with van der Waals surface area (Å²) in [5.41, 5.74) is 10.4. The van der Waals surface area contributed by atoms with Crippen molar-refractivity contribution in [3.05, 3.63) is 0 Å². The van der Waals surface area contributed by atoms with E-state index in [9.17, 15) is 0 Å². The average molecular weight is 113 g/mol. The Morgan fingerprint density at radius 3 is 2.12 bits per heavy atom. The zero-order chi connectivity index (χ0) is 6.20. The van der Waals surface area contributed by atoms with Crippen molar-refractivity contribution in [1.82, 2.24) is 0 Å². The first-order valence-electron chi connectivity index (χ1n) is 2.73. The molecule has 0 aromatic rings. The van der Waals surface area contributed by atoms with Gasteiger partial charge in [-0.1, -0.05) is 0 Å². The van der Waals surface area contributed by atoms with E-state index in [4.69, 9.17) is 11.5 Å². The number of nitrogens with zero attached hydrogens (tertiary/aromatic N) is 1.